The van der Waals surface area contributed by atoms with E-state index in [1.54, 1.807) is 0 Å². The average molecular weight is 921 g/mol. The van der Waals surface area contributed by atoms with Crippen molar-refractivity contribution in [3.8, 4) is 0 Å². The molecule has 0 heterocycles. The molecule has 0 aliphatic carbocycles. The lowest BCUT2D eigenvalue weighted by Crippen LogP contribution is -2.37. The number of rotatable bonds is 47. The Morgan fingerprint density at radius 1 is 0.484 bits per heavy atom. The van der Waals surface area contributed by atoms with Crippen molar-refractivity contribution in [2.75, 3.05) is 47.5 Å². The van der Waals surface area contributed by atoms with Crippen LogP contribution >= 0.6 is 7.82 Å². The molecule has 1 N–H and O–H groups in total. The third kappa shape index (κ3) is 49.2. The SMILES string of the molecule is CCC/C=C/C/C=C/C/C=C/C/C=C/CCCCCC(=O)OC[C@H](COP(=O)(O)OCC[N+](C)(C)C)OC(=O)CCC/C=C/CCCCCCCCCCCCCCCCCCCC. The number of hydrogen-bond donors (Lipinski definition) is 1. The maximum absolute atomic E-state index is 12.7. The van der Waals surface area contributed by atoms with Crippen molar-refractivity contribution < 1.29 is 42.1 Å². The minimum Gasteiger partial charge on any atom is -0.462 e. The molecule has 0 amide bonds. The molecule has 2 atom stereocenters. The predicted octanol–water partition coefficient (Wildman–Crippen LogP) is 15.6. The van der Waals surface area contributed by atoms with E-state index in [1.807, 2.05) is 21.1 Å². The first-order valence-corrected chi connectivity index (χ1v) is 27.5. The van der Waals surface area contributed by atoms with E-state index in [2.05, 4.69) is 74.6 Å². The molecule has 0 rings (SSSR count). The van der Waals surface area contributed by atoms with Gasteiger partial charge in [-0.25, -0.2) is 4.57 Å². The molecule has 1 unspecified atom stereocenters. The van der Waals surface area contributed by atoms with Crippen LogP contribution in [-0.4, -0.2) is 74.9 Å². The van der Waals surface area contributed by atoms with Gasteiger partial charge in [0, 0.05) is 12.8 Å². The highest BCUT2D eigenvalue weighted by molar-refractivity contribution is 7.47. The quantitative estimate of drug-likeness (QED) is 0.0211. The summed E-state index contributed by atoms with van der Waals surface area (Å²) < 4.78 is 34.4. The molecule has 0 aliphatic rings. The molecule has 0 fully saturated rings. The lowest BCUT2D eigenvalue weighted by atomic mass is 10.0. The maximum Gasteiger partial charge on any atom is 0.472 e. The van der Waals surface area contributed by atoms with Crippen LogP contribution in [0, 0.1) is 0 Å². The first-order valence-electron chi connectivity index (χ1n) is 26.0. The number of quaternary nitrogens is 1. The number of ether oxygens (including phenoxy) is 2. The number of likely N-dealkylation sites (N-methyl/N-ethyl adjacent to an activating group) is 1. The second kappa shape index (κ2) is 45.8. The van der Waals surface area contributed by atoms with Gasteiger partial charge in [-0.3, -0.25) is 18.6 Å². The second-order valence-electron chi connectivity index (χ2n) is 18.5. The molecule has 10 heteroatoms. The molecule has 372 valence electrons. The van der Waals surface area contributed by atoms with Gasteiger partial charge in [-0.2, -0.15) is 0 Å². The molecule has 0 aromatic carbocycles. The standard InChI is InChI=1S/C54H98NO8P/c1-6-8-10-12-14-16-18-20-22-24-25-26-27-28-29-31-33-35-37-39-41-43-45-47-54(57)63-52(51-62-64(58,59)61-49-48-55(3,4)5)50-60-53(56)46-44-42-40-38-36-34-32-30-23-21-19-17-15-13-11-9-7-2/h11,13,17,19,23,30,34,36,39,41,52H,6-10,12,14-16,18,20-22,24-29,31-33,35,37-38,40,42-51H2,1-5H3/p+1/b13-11+,19-17+,30-23+,36-34+,41-39+/t52-/m1/s1. The van der Waals surface area contributed by atoms with Crippen molar-refractivity contribution in [2.24, 2.45) is 0 Å². The van der Waals surface area contributed by atoms with Crippen LogP contribution in [0.15, 0.2) is 60.8 Å². The molecule has 0 saturated carbocycles. The normalized spacial score (nSPS) is 13.9. The molecule has 0 aliphatic heterocycles. The van der Waals surface area contributed by atoms with Gasteiger partial charge >= 0.3 is 19.8 Å². The van der Waals surface area contributed by atoms with E-state index in [1.165, 1.54) is 122 Å². The van der Waals surface area contributed by atoms with Gasteiger partial charge in [0.2, 0.25) is 0 Å². The summed E-state index contributed by atoms with van der Waals surface area (Å²) in [5.74, 6) is -0.870. The summed E-state index contributed by atoms with van der Waals surface area (Å²) in [4.78, 5) is 35.5. The van der Waals surface area contributed by atoms with E-state index in [0.29, 0.717) is 23.9 Å². The Morgan fingerprint density at radius 2 is 0.891 bits per heavy atom. The Balaban J connectivity index is 4.30. The number of phosphoric acid groups is 1. The molecule has 0 bridgehead atoms. The highest BCUT2D eigenvalue weighted by atomic mass is 31.2. The summed E-state index contributed by atoms with van der Waals surface area (Å²) >= 11 is 0. The summed E-state index contributed by atoms with van der Waals surface area (Å²) in [7, 11) is 1.44. The third-order valence-corrected chi connectivity index (χ3v) is 12.0. The first kappa shape index (κ1) is 61.7. The van der Waals surface area contributed by atoms with Crippen LogP contribution in [-0.2, 0) is 32.7 Å². The summed E-state index contributed by atoms with van der Waals surface area (Å²) in [5, 5.41) is 0. The van der Waals surface area contributed by atoms with Gasteiger partial charge in [0.1, 0.15) is 19.8 Å². The molecular weight excluding hydrogens is 822 g/mol. The Hall–Kier alpha value is -2.29. The van der Waals surface area contributed by atoms with Gasteiger partial charge < -0.3 is 18.9 Å². The van der Waals surface area contributed by atoms with Crippen molar-refractivity contribution >= 4 is 19.8 Å². The fourth-order valence-corrected chi connectivity index (χ4v) is 7.69. The maximum atomic E-state index is 12.7. The topological polar surface area (TPSA) is 108 Å². The van der Waals surface area contributed by atoms with Crippen molar-refractivity contribution in [1.29, 1.82) is 0 Å². The molecule has 0 aromatic rings. The Morgan fingerprint density at radius 3 is 1.38 bits per heavy atom. The molecule has 0 aromatic heterocycles. The van der Waals surface area contributed by atoms with Crippen molar-refractivity contribution in [3.05, 3.63) is 60.8 Å². The van der Waals surface area contributed by atoms with Gasteiger partial charge in [-0.05, 0) is 70.6 Å². The van der Waals surface area contributed by atoms with E-state index in [9.17, 15) is 19.0 Å². The van der Waals surface area contributed by atoms with Crippen LogP contribution in [0.4, 0.5) is 0 Å². The fourth-order valence-electron chi connectivity index (χ4n) is 6.95. The van der Waals surface area contributed by atoms with Gasteiger partial charge in [0.25, 0.3) is 0 Å². The largest absolute Gasteiger partial charge is 0.472 e. The lowest BCUT2D eigenvalue weighted by Gasteiger charge is -2.24. The molecule has 0 radical (unpaired) electrons. The van der Waals surface area contributed by atoms with Crippen LogP contribution in [0.2, 0.25) is 0 Å². The molecule has 0 saturated heterocycles. The molecule has 9 nitrogen and oxygen atoms in total. The van der Waals surface area contributed by atoms with Crippen LogP contribution in [0.5, 0.6) is 0 Å². The van der Waals surface area contributed by atoms with Gasteiger partial charge in [0.15, 0.2) is 6.10 Å². The third-order valence-electron chi connectivity index (χ3n) is 11.0. The number of nitrogens with zero attached hydrogens (tertiary/aromatic N) is 1. The van der Waals surface area contributed by atoms with Crippen molar-refractivity contribution in [1.82, 2.24) is 0 Å². The number of allylic oxidation sites excluding steroid dienone is 10. The summed E-state index contributed by atoms with van der Waals surface area (Å²) in [6.45, 7) is 4.31. The Bertz CT molecular complexity index is 1270. The number of carbonyl (C=O) groups excluding carboxylic acids is 2. The highest BCUT2D eigenvalue weighted by Crippen LogP contribution is 2.43. The first-order chi connectivity index (χ1) is 31.0. The number of phosphoric ester groups is 1. The number of esters is 2. The predicted molar refractivity (Wildman–Crippen MR) is 270 cm³/mol. The minimum absolute atomic E-state index is 0.0199. The molecule has 64 heavy (non-hydrogen) atoms. The zero-order valence-electron chi connectivity index (χ0n) is 42.0. The van der Waals surface area contributed by atoms with E-state index in [-0.39, 0.29) is 26.1 Å². The minimum atomic E-state index is -4.40. The summed E-state index contributed by atoms with van der Waals surface area (Å²) in [5.41, 5.74) is 0. The summed E-state index contributed by atoms with van der Waals surface area (Å²) in [6.07, 6.45) is 57.2. The zero-order valence-corrected chi connectivity index (χ0v) is 42.9. The van der Waals surface area contributed by atoms with E-state index >= 15 is 0 Å². The smallest absolute Gasteiger partial charge is 0.462 e. The number of unbranched alkanes of at least 4 members (excludes halogenated alkanes) is 23. The Labute approximate surface area is 394 Å². The average Bonchev–Trinajstić information content (AvgIpc) is 3.25. The number of carbonyl (C=O) groups is 2. The van der Waals surface area contributed by atoms with Gasteiger partial charge in [0.05, 0.1) is 27.7 Å². The van der Waals surface area contributed by atoms with Gasteiger partial charge in [-0.15, -0.1) is 0 Å². The zero-order chi connectivity index (χ0) is 47.1. The van der Waals surface area contributed by atoms with Crippen LogP contribution < -0.4 is 0 Å². The molecular formula is C54H99NO8P+. The Kier molecular flexibility index (Phi) is 44.2. The van der Waals surface area contributed by atoms with Gasteiger partial charge in [-0.1, -0.05) is 197 Å². The second-order valence-corrected chi connectivity index (χ2v) is 20.0. The highest BCUT2D eigenvalue weighted by Gasteiger charge is 2.27. The van der Waals surface area contributed by atoms with E-state index < -0.39 is 32.5 Å². The summed E-state index contributed by atoms with van der Waals surface area (Å²) in [6, 6.07) is 0. The van der Waals surface area contributed by atoms with Crippen LogP contribution in [0.1, 0.15) is 219 Å². The van der Waals surface area contributed by atoms with Crippen LogP contribution in [0.3, 0.4) is 0 Å². The molecule has 0 spiro atoms. The van der Waals surface area contributed by atoms with Crippen LogP contribution in [0.25, 0.3) is 0 Å². The lowest BCUT2D eigenvalue weighted by molar-refractivity contribution is -0.870. The number of hydrogen-bond acceptors (Lipinski definition) is 7. The van der Waals surface area contributed by atoms with Crippen molar-refractivity contribution in [2.45, 2.75) is 225 Å². The van der Waals surface area contributed by atoms with Crippen molar-refractivity contribution in [3.63, 3.8) is 0 Å². The monoisotopic (exact) mass is 921 g/mol. The fraction of sp³-hybridized carbons (Fsp3) is 0.778. The van der Waals surface area contributed by atoms with E-state index in [0.717, 1.165) is 57.8 Å². The van der Waals surface area contributed by atoms with E-state index in [4.69, 9.17) is 18.5 Å².